The smallest absolute Gasteiger partial charge is 0.424 e. The molecule has 3 rings (SSSR count). The van der Waals surface area contributed by atoms with Crippen LogP contribution in [0.1, 0.15) is 20.0 Å². The van der Waals surface area contributed by atoms with Crippen LogP contribution in [0.25, 0.3) is 0 Å². The predicted octanol–water partition coefficient (Wildman–Crippen LogP) is 2.22. The number of halogens is 2. The number of Topliss-reactive ketones (excluding diaryl/α,β-unsaturated/α-hetero) is 1. The summed E-state index contributed by atoms with van der Waals surface area (Å²) in [7, 11) is -0.172. The second-order valence-electron chi connectivity index (χ2n) is 3.25. The Hall–Kier alpha value is -1.10. The van der Waals surface area contributed by atoms with Gasteiger partial charge in [0.2, 0.25) is 5.78 Å². The summed E-state index contributed by atoms with van der Waals surface area (Å²) in [4.78, 5) is 11.9. The second-order valence-corrected chi connectivity index (χ2v) is 4.58. The lowest BCUT2D eigenvalue weighted by atomic mass is 9.93. The summed E-state index contributed by atoms with van der Waals surface area (Å²) in [5, 5.41) is 0.149. The van der Waals surface area contributed by atoms with E-state index in [0.717, 1.165) is 0 Å². The van der Waals surface area contributed by atoms with Gasteiger partial charge in [-0.05, 0) is 12.1 Å². The van der Waals surface area contributed by atoms with Crippen molar-refractivity contribution in [1.29, 1.82) is 0 Å². The van der Waals surface area contributed by atoms with E-state index in [4.69, 9.17) is 31.7 Å². The normalized spacial score (nSPS) is 17.4. The minimum absolute atomic E-state index is 0.00647. The average Bonchev–Trinajstić information content (AvgIpc) is 2.33. The molecule has 1 aliphatic heterocycles. The molecule has 0 unspecified atom stereocenters. The maximum absolute atomic E-state index is 11.9. The summed E-state index contributed by atoms with van der Waals surface area (Å²) in [6.07, 6.45) is 0. The first-order chi connectivity index (χ1) is 7.70. The molecule has 0 N–H and O–H groups in total. The van der Waals surface area contributed by atoms with Crippen molar-refractivity contribution in [2.75, 3.05) is 0 Å². The molecule has 16 heavy (non-hydrogen) atoms. The highest BCUT2D eigenvalue weighted by Crippen LogP contribution is 2.37. The Labute approximate surface area is 103 Å². The zero-order valence-electron chi connectivity index (χ0n) is 7.71. The van der Waals surface area contributed by atoms with Crippen LogP contribution >= 0.6 is 23.2 Å². The Balaban J connectivity index is 2.39. The van der Waals surface area contributed by atoms with Crippen LogP contribution in [0.2, 0.25) is 0 Å². The van der Waals surface area contributed by atoms with Gasteiger partial charge in [-0.1, -0.05) is 29.3 Å². The van der Waals surface area contributed by atoms with Crippen LogP contribution in [-0.4, -0.2) is 21.6 Å². The average molecular weight is 270 g/mol. The standard InChI is InChI=1S/C10H3Cl2O3Si/c11-7-8(12)10-6-4(9(7)13)2-1-3-5(6)14-16-15-10/h1-3H. The number of hydrogen-bond acceptors (Lipinski definition) is 2. The number of allylic oxidation sites excluding steroid dienone is 2. The maximum Gasteiger partial charge on any atom is 0.424 e. The van der Waals surface area contributed by atoms with Crippen LogP contribution in [0.5, 0.6) is 5.75 Å². The minimum atomic E-state index is -0.301. The molecule has 1 aliphatic carbocycles. The topological polar surface area (TPSA) is 37.6 Å². The van der Waals surface area contributed by atoms with E-state index in [-0.39, 0.29) is 25.9 Å². The van der Waals surface area contributed by atoms with Crippen LogP contribution in [0.3, 0.4) is 0 Å². The maximum atomic E-state index is 11.9. The zero-order chi connectivity index (χ0) is 11.3. The molecule has 0 aromatic heterocycles. The fourth-order valence-electron chi connectivity index (χ4n) is 1.67. The van der Waals surface area contributed by atoms with Crippen LogP contribution in [0.15, 0.2) is 28.3 Å². The molecule has 1 aromatic carbocycles. The Morgan fingerprint density at radius 1 is 1.25 bits per heavy atom. The molecule has 0 fully saturated rings. The number of hydrogen-bond donors (Lipinski definition) is 0. The lowest BCUT2D eigenvalue weighted by Crippen LogP contribution is -2.25. The van der Waals surface area contributed by atoms with E-state index in [0.29, 0.717) is 22.7 Å². The van der Waals surface area contributed by atoms with Crippen molar-refractivity contribution < 1.29 is 13.3 Å². The highest BCUT2D eigenvalue weighted by molar-refractivity contribution is 6.60. The molecule has 0 amide bonds. The van der Waals surface area contributed by atoms with Gasteiger partial charge in [0.25, 0.3) is 0 Å². The van der Waals surface area contributed by atoms with Crippen molar-refractivity contribution >= 4 is 44.8 Å². The van der Waals surface area contributed by atoms with Gasteiger partial charge in [-0.15, -0.1) is 0 Å². The van der Waals surface area contributed by atoms with Gasteiger partial charge < -0.3 is 8.54 Å². The number of ketones is 2. The van der Waals surface area contributed by atoms with Crippen molar-refractivity contribution in [2.45, 2.75) is 0 Å². The van der Waals surface area contributed by atoms with Gasteiger partial charge in [0.05, 0.1) is 5.75 Å². The van der Waals surface area contributed by atoms with E-state index in [2.05, 4.69) is 0 Å². The van der Waals surface area contributed by atoms with Crippen molar-refractivity contribution in [2.24, 2.45) is 0 Å². The first-order valence-corrected chi connectivity index (χ1v) is 5.97. The molecule has 0 bridgehead atoms. The van der Waals surface area contributed by atoms with Crippen molar-refractivity contribution in [3.8, 4) is 5.75 Å². The highest BCUT2D eigenvalue weighted by atomic mass is 35.5. The van der Waals surface area contributed by atoms with Crippen molar-refractivity contribution in [3.05, 3.63) is 39.4 Å². The Morgan fingerprint density at radius 3 is 2.88 bits per heavy atom. The van der Waals surface area contributed by atoms with Gasteiger partial charge in [0.1, 0.15) is 10.6 Å². The summed E-state index contributed by atoms with van der Waals surface area (Å²) in [6, 6.07) is 5.18. The molecule has 1 heterocycles. The quantitative estimate of drug-likeness (QED) is 0.535. The third-order valence-corrected chi connectivity index (χ3v) is 3.79. The molecular formula is C10H3Cl2O3Si. The van der Waals surface area contributed by atoms with Gasteiger partial charge in [-0.3, -0.25) is 4.79 Å². The van der Waals surface area contributed by atoms with E-state index in [1.54, 1.807) is 18.2 Å². The zero-order valence-corrected chi connectivity index (χ0v) is 10.2. The summed E-state index contributed by atoms with van der Waals surface area (Å²) < 4.78 is 10.6. The first kappa shape index (κ1) is 10.1. The molecule has 0 saturated carbocycles. The van der Waals surface area contributed by atoms with E-state index in [1.165, 1.54) is 0 Å². The molecule has 0 saturated heterocycles. The molecule has 79 valence electrons. The lowest BCUT2D eigenvalue weighted by Gasteiger charge is -2.21. The Bertz CT molecular complexity index is 577. The lowest BCUT2D eigenvalue weighted by molar-refractivity contribution is -0.100. The van der Waals surface area contributed by atoms with Gasteiger partial charge in [-0.2, -0.15) is 0 Å². The van der Waals surface area contributed by atoms with Crippen LogP contribution in [0, 0.1) is 0 Å². The number of benzene rings is 1. The third-order valence-electron chi connectivity index (χ3n) is 2.38. The van der Waals surface area contributed by atoms with Crippen LogP contribution in [0.4, 0.5) is 0 Å². The molecule has 1 radical (unpaired) electrons. The summed E-state index contributed by atoms with van der Waals surface area (Å²) in [5.74, 6) is 0.735. The van der Waals surface area contributed by atoms with E-state index in [1.807, 2.05) is 0 Å². The van der Waals surface area contributed by atoms with Crippen LogP contribution < -0.4 is 4.43 Å². The molecular weight excluding hydrogens is 267 g/mol. The van der Waals surface area contributed by atoms with Gasteiger partial charge in [-0.25, -0.2) is 0 Å². The summed E-state index contributed by atoms with van der Waals surface area (Å²) in [6.45, 7) is 0. The van der Waals surface area contributed by atoms with Gasteiger partial charge in [0.15, 0.2) is 5.03 Å². The molecule has 0 spiro atoms. The van der Waals surface area contributed by atoms with E-state index in [9.17, 15) is 4.79 Å². The third kappa shape index (κ3) is 1.21. The fraction of sp³-hybridized carbons (Fsp3) is 0. The van der Waals surface area contributed by atoms with Crippen molar-refractivity contribution in [3.63, 3.8) is 0 Å². The van der Waals surface area contributed by atoms with Crippen molar-refractivity contribution in [1.82, 2.24) is 0 Å². The molecule has 1 aromatic rings. The van der Waals surface area contributed by atoms with E-state index < -0.39 is 0 Å². The summed E-state index contributed by atoms with van der Waals surface area (Å²) in [5.41, 5.74) is 1.06. The molecule has 2 aliphatic rings. The summed E-state index contributed by atoms with van der Waals surface area (Å²) >= 11 is 11.8. The first-order valence-electron chi connectivity index (χ1n) is 4.39. The highest BCUT2D eigenvalue weighted by Gasteiger charge is 2.37. The van der Waals surface area contributed by atoms with Gasteiger partial charge >= 0.3 is 15.8 Å². The Morgan fingerprint density at radius 2 is 2.06 bits per heavy atom. The SMILES string of the molecule is O=C1C(Cl)=C(Cl)C2=[O+][Si-]Oc3cccc1c32. The Kier molecular flexibility index (Phi) is 2.17. The molecule has 0 atom stereocenters. The van der Waals surface area contributed by atoms with Crippen LogP contribution in [-0.2, 0) is 0 Å². The number of carbonyl (C=O) groups is 1. The molecule has 6 heteroatoms. The molecule has 3 nitrogen and oxygen atoms in total. The van der Waals surface area contributed by atoms with Gasteiger partial charge in [0, 0.05) is 5.56 Å². The second kappa shape index (κ2) is 3.45. The predicted molar refractivity (Wildman–Crippen MR) is 60.2 cm³/mol. The number of rotatable bonds is 0. The largest absolute Gasteiger partial charge is 0.629 e. The fourth-order valence-corrected chi connectivity index (χ4v) is 2.73. The minimum Gasteiger partial charge on any atom is -0.629 e. The monoisotopic (exact) mass is 269 g/mol. The number of carbonyl (C=O) groups excluding carboxylic acids is 2. The van der Waals surface area contributed by atoms with E-state index >= 15 is 0 Å².